The van der Waals surface area contributed by atoms with Crippen LogP contribution in [0.3, 0.4) is 0 Å². The standard InChI is InChI=1S/C16H28/c1-12(2)16-9-13(3)6-14(4,10-16)8-15(5,7-13)11-16/h12H,6-11H2,1-5H3. The third-order valence-corrected chi connectivity index (χ3v) is 6.12. The average Bonchev–Trinajstić information content (AvgIpc) is 1.92. The maximum Gasteiger partial charge on any atom is -0.0259 e. The third-order valence-electron chi connectivity index (χ3n) is 6.12. The van der Waals surface area contributed by atoms with Gasteiger partial charge in [-0.1, -0.05) is 34.6 Å². The summed E-state index contributed by atoms with van der Waals surface area (Å²) in [6.07, 6.45) is 9.06. The summed E-state index contributed by atoms with van der Waals surface area (Å²) in [7, 11) is 0. The van der Waals surface area contributed by atoms with Gasteiger partial charge < -0.3 is 0 Å². The lowest BCUT2D eigenvalue weighted by molar-refractivity contribution is -0.198. The Labute approximate surface area is 101 Å². The second kappa shape index (κ2) is 2.70. The Balaban J connectivity index is 2.07. The molecular weight excluding hydrogens is 192 g/mol. The minimum absolute atomic E-state index is 0.669. The normalized spacial score (nSPS) is 59.6. The first-order chi connectivity index (χ1) is 7.19. The van der Waals surface area contributed by atoms with E-state index in [1.165, 1.54) is 38.5 Å². The van der Waals surface area contributed by atoms with Crippen molar-refractivity contribution in [1.29, 1.82) is 0 Å². The summed E-state index contributed by atoms with van der Waals surface area (Å²) in [4.78, 5) is 0. The predicted molar refractivity (Wildman–Crippen MR) is 69.3 cm³/mol. The van der Waals surface area contributed by atoms with Crippen LogP contribution in [0.2, 0.25) is 0 Å². The van der Waals surface area contributed by atoms with Gasteiger partial charge in [0.15, 0.2) is 0 Å². The van der Waals surface area contributed by atoms with Crippen LogP contribution in [0.25, 0.3) is 0 Å². The molecule has 0 aliphatic heterocycles. The molecule has 0 heterocycles. The monoisotopic (exact) mass is 220 g/mol. The lowest BCUT2D eigenvalue weighted by Gasteiger charge is -2.70. The molecule has 4 aliphatic rings. The topological polar surface area (TPSA) is 0 Å². The molecule has 0 atom stereocenters. The molecule has 4 aliphatic carbocycles. The Morgan fingerprint density at radius 2 is 0.938 bits per heavy atom. The molecule has 4 rings (SSSR count). The maximum atomic E-state index is 2.58. The van der Waals surface area contributed by atoms with Gasteiger partial charge in [-0.3, -0.25) is 0 Å². The Morgan fingerprint density at radius 3 is 1.19 bits per heavy atom. The summed E-state index contributed by atoms with van der Waals surface area (Å²) in [5, 5.41) is 0. The minimum atomic E-state index is 0.669. The summed E-state index contributed by atoms with van der Waals surface area (Å²) in [5.41, 5.74) is 2.70. The third kappa shape index (κ3) is 1.34. The second-order valence-electron chi connectivity index (χ2n) is 9.01. The Kier molecular flexibility index (Phi) is 1.87. The van der Waals surface area contributed by atoms with Crippen LogP contribution in [0.5, 0.6) is 0 Å². The molecule has 0 amide bonds. The summed E-state index contributed by atoms with van der Waals surface area (Å²) in [5.74, 6) is 0.881. The summed E-state index contributed by atoms with van der Waals surface area (Å²) < 4.78 is 0. The van der Waals surface area contributed by atoms with Crippen molar-refractivity contribution in [2.75, 3.05) is 0 Å². The molecule has 0 nitrogen and oxygen atoms in total. The van der Waals surface area contributed by atoms with Crippen LogP contribution in [0, 0.1) is 27.6 Å². The van der Waals surface area contributed by atoms with Crippen LogP contribution in [0.4, 0.5) is 0 Å². The molecule has 92 valence electrons. The molecule has 4 fully saturated rings. The highest BCUT2D eigenvalue weighted by Gasteiger charge is 2.64. The van der Waals surface area contributed by atoms with Crippen LogP contribution in [0.1, 0.15) is 73.1 Å². The summed E-state index contributed by atoms with van der Waals surface area (Å²) in [6, 6.07) is 0. The first-order valence-corrected chi connectivity index (χ1v) is 7.19. The van der Waals surface area contributed by atoms with Crippen molar-refractivity contribution in [2.24, 2.45) is 27.6 Å². The smallest absolute Gasteiger partial charge is 0.0259 e. The van der Waals surface area contributed by atoms with E-state index in [-0.39, 0.29) is 0 Å². The highest BCUT2D eigenvalue weighted by atomic mass is 14.7. The van der Waals surface area contributed by atoms with Gasteiger partial charge in [0, 0.05) is 0 Å². The lowest BCUT2D eigenvalue weighted by atomic mass is 9.35. The van der Waals surface area contributed by atoms with Crippen molar-refractivity contribution in [3.05, 3.63) is 0 Å². The highest BCUT2D eigenvalue weighted by molar-refractivity contribution is 5.14. The van der Waals surface area contributed by atoms with E-state index in [0.29, 0.717) is 21.7 Å². The Hall–Kier alpha value is 0. The van der Waals surface area contributed by atoms with Crippen LogP contribution >= 0.6 is 0 Å². The molecule has 0 heteroatoms. The fourth-order valence-electron chi connectivity index (χ4n) is 7.00. The van der Waals surface area contributed by atoms with Crippen molar-refractivity contribution in [3.8, 4) is 0 Å². The zero-order valence-corrected chi connectivity index (χ0v) is 11.8. The maximum absolute atomic E-state index is 2.58. The zero-order chi connectivity index (χ0) is 11.8. The van der Waals surface area contributed by atoms with E-state index in [1.807, 2.05) is 0 Å². The summed E-state index contributed by atoms with van der Waals surface area (Å²) in [6.45, 7) is 12.7. The molecule has 0 aromatic carbocycles. The number of hydrogen-bond acceptors (Lipinski definition) is 0. The van der Waals surface area contributed by atoms with Crippen molar-refractivity contribution in [2.45, 2.75) is 73.1 Å². The van der Waals surface area contributed by atoms with Crippen molar-refractivity contribution < 1.29 is 0 Å². The molecule has 0 aromatic heterocycles. The fraction of sp³-hybridized carbons (Fsp3) is 1.00. The molecule has 0 unspecified atom stereocenters. The molecular formula is C16H28. The van der Waals surface area contributed by atoms with Gasteiger partial charge in [0.2, 0.25) is 0 Å². The molecule has 16 heavy (non-hydrogen) atoms. The van der Waals surface area contributed by atoms with Gasteiger partial charge >= 0.3 is 0 Å². The van der Waals surface area contributed by atoms with Gasteiger partial charge in [-0.2, -0.15) is 0 Å². The van der Waals surface area contributed by atoms with Crippen molar-refractivity contribution in [3.63, 3.8) is 0 Å². The first-order valence-electron chi connectivity index (χ1n) is 7.19. The molecule has 4 bridgehead atoms. The van der Waals surface area contributed by atoms with Gasteiger partial charge in [-0.25, -0.2) is 0 Å². The van der Waals surface area contributed by atoms with Crippen LogP contribution in [-0.2, 0) is 0 Å². The largest absolute Gasteiger partial charge is 0.0622 e. The van der Waals surface area contributed by atoms with E-state index in [0.717, 1.165) is 5.92 Å². The van der Waals surface area contributed by atoms with E-state index in [1.54, 1.807) is 0 Å². The Bertz CT molecular complexity index is 271. The van der Waals surface area contributed by atoms with Gasteiger partial charge in [-0.15, -0.1) is 0 Å². The van der Waals surface area contributed by atoms with Crippen LogP contribution < -0.4 is 0 Å². The predicted octanol–water partition coefficient (Wildman–Crippen LogP) is 5.03. The Morgan fingerprint density at radius 1 is 0.625 bits per heavy atom. The number of rotatable bonds is 1. The molecule has 0 spiro atoms. The van der Waals surface area contributed by atoms with Crippen LogP contribution in [0.15, 0.2) is 0 Å². The quantitative estimate of drug-likeness (QED) is 0.581. The number of hydrogen-bond donors (Lipinski definition) is 0. The molecule has 0 saturated heterocycles. The van der Waals surface area contributed by atoms with Crippen LogP contribution in [-0.4, -0.2) is 0 Å². The SMILES string of the molecule is CC(C)C12CC3(C)CC(C)(CC(C)(C3)C1)C2. The second-order valence-corrected chi connectivity index (χ2v) is 9.01. The zero-order valence-electron chi connectivity index (χ0n) is 11.8. The van der Waals surface area contributed by atoms with E-state index in [4.69, 9.17) is 0 Å². The van der Waals surface area contributed by atoms with Gasteiger partial charge in [-0.05, 0) is 66.1 Å². The minimum Gasteiger partial charge on any atom is -0.0622 e. The molecule has 0 radical (unpaired) electrons. The van der Waals surface area contributed by atoms with E-state index < -0.39 is 0 Å². The van der Waals surface area contributed by atoms with Gasteiger partial charge in [0.05, 0.1) is 0 Å². The summed E-state index contributed by atoms with van der Waals surface area (Å²) >= 11 is 0. The van der Waals surface area contributed by atoms with Gasteiger partial charge in [0.25, 0.3) is 0 Å². The van der Waals surface area contributed by atoms with Crippen molar-refractivity contribution >= 4 is 0 Å². The van der Waals surface area contributed by atoms with E-state index in [9.17, 15) is 0 Å². The molecule has 0 N–H and O–H groups in total. The van der Waals surface area contributed by atoms with Crippen molar-refractivity contribution in [1.82, 2.24) is 0 Å². The van der Waals surface area contributed by atoms with Gasteiger partial charge in [0.1, 0.15) is 0 Å². The average molecular weight is 220 g/mol. The molecule has 0 aromatic rings. The lowest BCUT2D eigenvalue weighted by Crippen LogP contribution is -2.60. The molecule has 4 saturated carbocycles. The highest BCUT2D eigenvalue weighted by Crippen LogP contribution is 2.74. The van der Waals surface area contributed by atoms with E-state index >= 15 is 0 Å². The van der Waals surface area contributed by atoms with E-state index in [2.05, 4.69) is 34.6 Å². The fourth-order valence-corrected chi connectivity index (χ4v) is 7.00. The first kappa shape index (κ1) is 11.1.